The van der Waals surface area contributed by atoms with Gasteiger partial charge in [-0.25, -0.2) is 0 Å². The fraction of sp³-hybridized carbons (Fsp3) is 0.273. The van der Waals surface area contributed by atoms with Crippen LogP contribution in [0.4, 0.5) is 0 Å². The van der Waals surface area contributed by atoms with E-state index in [0.29, 0.717) is 0 Å². The first-order chi connectivity index (χ1) is 10.9. The van der Waals surface area contributed by atoms with Crippen molar-refractivity contribution in [3.05, 3.63) is 34.9 Å². The van der Waals surface area contributed by atoms with E-state index in [9.17, 15) is 33.5 Å². The normalized spacial score (nSPS) is 20.3. The molecule has 1 heterocycles. The van der Waals surface area contributed by atoms with Crippen molar-refractivity contribution in [3.63, 3.8) is 0 Å². The Morgan fingerprint density at radius 3 is 2.12 bits per heavy atom. The van der Waals surface area contributed by atoms with Gasteiger partial charge in [0.15, 0.2) is 5.40 Å². The third-order valence-corrected chi connectivity index (χ3v) is 8.96. The van der Waals surface area contributed by atoms with Crippen molar-refractivity contribution in [2.75, 3.05) is 0 Å². The summed E-state index contributed by atoms with van der Waals surface area (Å²) in [4.78, 5) is 50.3. The SMILES string of the molecule is O=C1NC(=S)SC1C(c1ccccc1Cl)C(P(=O)(O)O)P(=O)(O)O. The average Bonchev–Trinajstić information content (AvgIpc) is 2.72. The van der Waals surface area contributed by atoms with Gasteiger partial charge in [0.1, 0.15) is 4.32 Å². The van der Waals surface area contributed by atoms with Crippen LogP contribution < -0.4 is 5.32 Å². The van der Waals surface area contributed by atoms with Gasteiger partial charge >= 0.3 is 15.2 Å². The fourth-order valence-corrected chi connectivity index (χ4v) is 7.43. The topological polar surface area (TPSA) is 144 Å². The molecule has 8 nitrogen and oxygen atoms in total. The van der Waals surface area contributed by atoms with Crippen molar-refractivity contribution in [1.29, 1.82) is 0 Å². The predicted molar refractivity (Wildman–Crippen MR) is 94.2 cm³/mol. The van der Waals surface area contributed by atoms with Gasteiger partial charge in [0, 0.05) is 10.9 Å². The zero-order valence-electron chi connectivity index (χ0n) is 11.6. The average molecular weight is 432 g/mol. The smallest absolute Gasteiger partial charge is 0.324 e. The number of halogens is 1. The first-order valence-corrected chi connectivity index (χ1v) is 11.3. The maximum Gasteiger partial charge on any atom is 0.341 e. The van der Waals surface area contributed by atoms with Crippen LogP contribution in [0.1, 0.15) is 11.5 Å². The van der Waals surface area contributed by atoms with E-state index in [1.54, 1.807) is 6.07 Å². The molecule has 1 aromatic carbocycles. The molecule has 0 aliphatic carbocycles. The summed E-state index contributed by atoms with van der Waals surface area (Å²) < 4.78 is 23.7. The van der Waals surface area contributed by atoms with Crippen LogP contribution in [0, 0.1) is 0 Å². The lowest BCUT2D eigenvalue weighted by Gasteiger charge is -2.31. The number of hydrogen-bond donors (Lipinski definition) is 5. The Balaban J connectivity index is 2.69. The van der Waals surface area contributed by atoms with Gasteiger partial charge in [-0.1, -0.05) is 53.8 Å². The van der Waals surface area contributed by atoms with Crippen molar-refractivity contribution >= 4 is 61.0 Å². The number of nitrogens with one attached hydrogen (secondary N) is 1. The highest BCUT2D eigenvalue weighted by molar-refractivity contribution is 8.24. The maximum atomic E-state index is 12.1. The Bertz CT molecular complexity index is 757. The Labute approximate surface area is 151 Å². The molecular weight excluding hydrogens is 420 g/mol. The predicted octanol–water partition coefficient (Wildman–Crippen LogP) is 1.62. The molecule has 132 valence electrons. The quantitative estimate of drug-likeness (QED) is 0.347. The molecule has 1 fully saturated rings. The number of rotatable bonds is 5. The highest BCUT2D eigenvalue weighted by Gasteiger charge is 2.55. The molecule has 1 aliphatic heterocycles. The number of thiocarbonyl (C=S) groups is 1. The van der Waals surface area contributed by atoms with Crippen LogP contribution in [0.3, 0.4) is 0 Å². The number of carbonyl (C=O) groups is 1. The van der Waals surface area contributed by atoms with E-state index in [0.717, 1.165) is 11.8 Å². The number of amides is 1. The number of carbonyl (C=O) groups excluding carboxylic acids is 1. The second-order valence-corrected chi connectivity index (χ2v) is 11.1. The van der Waals surface area contributed by atoms with Crippen LogP contribution in [-0.2, 0) is 13.9 Å². The van der Waals surface area contributed by atoms with E-state index >= 15 is 0 Å². The van der Waals surface area contributed by atoms with Crippen LogP contribution in [-0.4, -0.2) is 40.5 Å². The molecule has 13 heteroatoms. The first kappa shape index (κ1) is 20.0. The summed E-state index contributed by atoms with van der Waals surface area (Å²) in [6.07, 6.45) is 0. The largest absolute Gasteiger partial charge is 0.341 e. The molecule has 5 N–H and O–H groups in total. The molecule has 0 radical (unpaired) electrons. The lowest BCUT2D eigenvalue weighted by atomic mass is 9.96. The van der Waals surface area contributed by atoms with E-state index in [1.165, 1.54) is 18.2 Å². The Morgan fingerprint density at radius 2 is 1.71 bits per heavy atom. The Morgan fingerprint density at radius 1 is 1.17 bits per heavy atom. The van der Waals surface area contributed by atoms with Crippen molar-refractivity contribution < 1.29 is 33.5 Å². The van der Waals surface area contributed by atoms with Gasteiger partial charge in [-0.2, -0.15) is 0 Å². The first-order valence-electron chi connectivity index (χ1n) is 6.29. The zero-order chi connectivity index (χ0) is 18.3. The Hall–Kier alpha value is -0.280. The van der Waals surface area contributed by atoms with Crippen molar-refractivity contribution in [1.82, 2.24) is 5.32 Å². The molecule has 0 aromatic heterocycles. The molecular formula is C11H12ClNO7P2S2. The highest BCUT2D eigenvalue weighted by Crippen LogP contribution is 2.66. The number of hydrogen-bond acceptors (Lipinski definition) is 5. The van der Waals surface area contributed by atoms with Gasteiger partial charge in [-0.05, 0) is 11.6 Å². The second-order valence-electron chi connectivity index (χ2n) is 4.95. The molecule has 1 aromatic rings. The summed E-state index contributed by atoms with van der Waals surface area (Å²) in [6.45, 7) is 0. The van der Waals surface area contributed by atoms with Crippen LogP contribution in [0.15, 0.2) is 24.3 Å². The standard InChI is InChI=1S/C11H12ClNO7P2S2/c12-6-4-2-1-3-5(6)7(8-9(14)13-11(23)24-8)10(21(15,16)17)22(18,19)20/h1-4,7-8,10H,(H,13,14,23)(H2,15,16,17)(H2,18,19,20). The highest BCUT2D eigenvalue weighted by atomic mass is 35.5. The minimum atomic E-state index is -5.30. The summed E-state index contributed by atoms with van der Waals surface area (Å²) in [5, 5.41) is -1.33. The van der Waals surface area contributed by atoms with E-state index in [2.05, 4.69) is 5.32 Å². The molecule has 1 aliphatic rings. The van der Waals surface area contributed by atoms with Crippen LogP contribution >= 0.6 is 50.8 Å². The van der Waals surface area contributed by atoms with Gasteiger partial charge in [0.2, 0.25) is 5.91 Å². The zero-order valence-corrected chi connectivity index (χ0v) is 15.8. The van der Waals surface area contributed by atoms with E-state index < -0.39 is 37.7 Å². The van der Waals surface area contributed by atoms with Gasteiger partial charge in [-0.15, -0.1) is 0 Å². The van der Waals surface area contributed by atoms with Crippen LogP contribution in [0.25, 0.3) is 0 Å². The lowest BCUT2D eigenvalue weighted by molar-refractivity contribution is -0.119. The van der Waals surface area contributed by atoms with E-state index in [-0.39, 0.29) is 14.9 Å². The maximum absolute atomic E-state index is 12.1. The molecule has 2 rings (SSSR count). The summed E-state index contributed by atoms with van der Waals surface area (Å²) in [5.74, 6) is -2.23. The molecule has 2 unspecified atom stereocenters. The fourth-order valence-electron chi connectivity index (χ4n) is 2.45. The van der Waals surface area contributed by atoms with Gasteiger partial charge in [-0.3, -0.25) is 13.9 Å². The summed E-state index contributed by atoms with van der Waals surface area (Å²) in [6, 6.07) is 5.79. The van der Waals surface area contributed by atoms with Gasteiger partial charge < -0.3 is 24.9 Å². The molecule has 1 saturated heterocycles. The lowest BCUT2D eigenvalue weighted by Crippen LogP contribution is -2.35. The third kappa shape index (κ3) is 4.27. The van der Waals surface area contributed by atoms with Crippen LogP contribution in [0.2, 0.25) is 5.02 Å². The number of benzene rings is 1. The third-order valence-electron chi connectivity index (χ3n) is 3.32. The summed E-state index contributed by atoms with van der Waals surface area (Å²) in [7, 11) is -10.6. The second kappa shape index (κ2) is 7.15. The molecule has 0 saturated carbocycles. The summed E-state index contributed by atoms with van der Waals surface area (Å²) in [5.41, 5.74) is 0.0492. The molecule has 24 heavy (non-hydrogen) atoms. The monoisotopic (exact) mass is 431 g/mol. The minimum Gasteiger partial charge on any atom is -0.324 e. The van der Waals surface area contributed by atoms with E-state index in [4.69, 9.17) is 23.8 Å². The van der Waals surface area contributed by atoms with Crippen molar-refractivity contribution in [2.45, 2.75) is 16.6 Å². The number of thioether (sulfide) groups is 1. The summed E-state index contributed by atoms with van der Waals surface area (Å²) >= 11 is 11.7. The molecule has 0 spiro atoms. The molecule has 1 amide bonds. The van der Waals surface area contributed by atoms with E-state index in [1.807, 2.05) is 0 Å². The van der Waals surface area contributed by atoms with Gasteiger partial charge in [0.25, 0.3) is 0 Å². The van der Waals surface area contributed by atoms with Crippen molar-refractivity contribution in [3.8, 4) is 0 Å². The van der Waals surface area contributed by atoms with Crippen molar-refractivity contribution in [2.24, 2.45) is 0 Å². The van der Waals surface area contributed by atoms with Crippen LogP contribution in [0.5, 0.6) is 0 Å². The molecule has 0 bridgehead atoms. The minimum absolute atomic E-state index is 0.0284. The Kier molecular flexibility index (Phi) is 5.97. The molecule has 2 atom stereocenters. The van der Waals surface area contributed by atoms with Gasteiger partial charge in [0.05, 0.1) is 5.25 Å².